The molecule has 3 aliphatic rings. The number of ketones is 1. The molecule has 1 fully saturated rings. The van der Waals surface area contributed by atoms with Crippen LogP contribution < -0.4 is 0 Å². The van der Waals surface area contributed by atoms with Crippen molar-refractivity contribution >= 4 is 5.78 Å². The highest BCUT2D eigenvalue weighted by Crippen LogP contribution is 2.65. The van der Waals surface area contributed by atoms with Crippen molar-refractivity contribution in [2.24, 2.45) is 10.8 Å². The summed E-state index contributed by atoms with van der Waals surface area (Å²) in [6, 6.07) is 0. The number of rotatable bonds is 1. The van der Waals surface area contributed by atoms with Gasteiger partial charge >= 0.3 is 0 Å². The van der Waals surface area contributed by atoms with Gasteiger partial charge in [0.05, 0.1) is 6.61 Å². The lowest BCUT2D eigenvalue weighted by molar-refractivity contribution is -0.129. The smallest absolute Gasteiger partial charge is 0.187 e. The maximum atomic E-state index is 12.4. The van der Waals surface area contributed by atoms with E-state index < -0.39 is 11.0 Å². The van der Waals surface area contributed by atoms with E-state index in [1.165, 1.54) is 0 Å². The van der Waals surface area contributed by atoms with Gasteiger partial charge in [-0.3, -0.25) is 4.79 Å². The fourth-order valence-electron chi connectivity index (χ4n) is 4.20. The maximum Gasteiger partial charge on any atom is 0.187 e. The first-order chi connectivity index (χ1) is 8.27. The van der Waals surface area contributed by atoms with Crippen molar-refractivity contribution in [3.05, 3.63) is 22.8 Å². The fourth-order valence-corrected chi connectivity index (χ4v) is 4.20. The Bertz CT molecular complexity index is 508. The summed E-state index contributed by atoms with van der Waals surface area (Å²) in [7, 11) is 0. The Balaban J connectivity index is 2.25. The van der Waals surface area contributed by atoms with Crippen molar-refractivity contribution in [3.63, 3.8) is 0 Å². The summed E-state index contributed by atoms with van der Waals surface area (Å²) in [5.41, 5.74) is 0.298. The van der Waals surface area contributed by atoms with Crippen LogP contribution in [0.2, 0.25) is 0 Å². The first kappa shape index (κ1) is 12.1. The van der Waals surface area contributed by atoms with Crippen molar-refractivity contribution in [3.8, 4) is 0 Å². The van der Waals surface area contributed by atoms with E-state index in [-0.39, 0.29) is 17.8 Å². The molecule has 0 spiro atoms. The molecule has 0 aromatic rings. The molecule has 0 radical (unpaired) electrons. The topological polar surface area (TPSA) is 57.5 Å². The molecule has 2 N–H and O–H groups in total. The molecule has 3 nitrogen and oxygen atoms in total. The molecular weight excluding hydrogens is 228 g/mol. The first-order valence-electron chi connectivity index (χ1n) is 6.59. The number of carbonyl (C=O) groups is 1. The van der Waals surface area contributed by atoms with E-state index in [0.717, 1.165) is 24.0 Å². The summed E-state index contributed by atoms with van der Waals surface area (Å²) in [5, 5.41) is 20.9. The van der Waals surface area contributed by atoms with Crippen LogP contribution in [0.25, 0.3) is 0 Å². The van der Waals surface area contributed by atoms with Crippen molar-refractivity contribution in [1.82, 2.24) is 0 Å². The second-order valence-corrected chi connectivity index (χ2v) is 6.76. The highest BCUT2D eigenvalue weighted by atomic mass is 16.3. The average Bonchev–Trinajstić information content (AvgIpc) is 2.47. The highest BCUT2D eigenvalue weighted by Gasteiger charge is 2.66. The van der Waals surface area contributed by atoms with Gasteiger partial charge in [-0.25, -0.2) is 0 Å². The Morgan fingerprint density at radius 3 is 2.56 bits per heavy atom. The molecule has 3 rings (SSSR count). The van der Waals surface area contributed by atoms with E-state index >= 15 is 0 Å². The molecule has 0 aromatic heterocycles. The summed E-state index contributed by atoms with van der Waals surface area (Å²) in [5.74, 6) is -0.0261. The Morgan fingerprint density at radius 1 is 1.39 bits per heavy atom. The van der Waals surface area contributed by atoms with Crippen LogP contribution >= 0.6 is 0 Å². The lowest BCUT2D eigenvalue weighted by Gasteiger charge is -2.57. The summed E-state index contributed by atoms with van der Waals surface area (Å²) in [6.07, 6.45) is 4.03. The van der Waals surface area contributed by atoms with E-state index in [1.807, 2.05) is 26.8 Å². The Hall–Kier alpha value is -0.930. The quantitative estimate of drug-likeness (QED) is 0.743. The molecule has 3 aliphatic carbocycles. The molecule has 3 heteroatoms. The van der Waals surface area contributed by atoms with Crippen LogP contribution in [0.5, 0.6) is 0 Å². The van der Waals surface area contributed by atoms with Crippen molar-refractivity contribution < 1.29 is 15.0 Å². The average molecular weight is 248 g/mol. The van der Waals surface area contributed by atoms with Gasteiger partial charge in [0.15, 0.2) is 5.78 Å². The third-order valence-corrected chi connectivity index (χ3v) is 5.17. The zero-order valence-electron chi connectivity index (χ0n) is 11.2. The number of hydrogen-bond acceptors (Lipinski definition) is 3. The molecule has 0 heterocycles. The number of allylic oxidation sites excluding steroid dienone is 2. The number of aliphatic hydroxyl groups is 2. The Morgan fingerprint density at radius 2 is 2.06 bits per heavy atom. The van der Waals surface area contributed by atoms with Gasteiger partial charge in [-0.05, 0) is 37.2 Å². The van der Waals surface area contributed by atoms with Gasteiger partial charge in [-0.2, -0.15) is 0 Å². The number of hydrogen-bond donors (Lipinski definition) is 2. The number of fused-ring (bicyclic) bond motifs is 3. The summed E-state index contributed by atoms with van der Waals surface area (Å²) < 4.78 is 0. The second-order valence-electron chi connectivity index (χ2n) is 6.76. The van der Waals surface area contributed by atoms with Crippen molar-refractivity contribution in [2.45, 2.75) is 45.6 Å². The molecule has 0 amide bonds. The minimum absolute atomic E-state index is 0.0261. The van der Waals surface area contributed by atoms with Gasteiger partial charge in [0, 0.05) is 11.0 Å². The van der Waals surface area contributed by atoms with Gasteiger partial charge in [0.1, 0.15) is 5.60 Å². The minimum Gasteiger partial charge on any atom is -0.395 e. The van der Waals surface area contributed by atoms with Gasteiger partial charge in [-0.1, -0.05) is 25.5 Å². The molecule has 0 aromatic carbocycles. The maximum absolute atomic E-state index is 12.4. The van der Waals surface area contributed by atoms with Gasteiger partial charge < -0.3 is 10.2 Å². The fraction of sp³-hybridized carbons (Fsp3) is 0.667. The van der Waals surface area contributed by atoms with Gasteiger partial charge in [-0.15, -0.1) is 0 Å². The Labute approximate surface area is 107 Å². The number of carbonyl (C=O) groups excluding carboxylic acids is 1. The van der Waals surface area contributed by atoms with E-state index in [1.54, 1.807) is 0 Å². The zero-order valence-corrected chi connectivity index (χ0v) is 11.2. The van der Waals surface area contributed by atoms with Crippen LogP contribution in [-0.2, 0) is 4.79 Å². The third kappa shape index (κ3) is 1.10. The van der Waals surface area contributed by atoms with Crippen LogP contribution in [0.1, 0.15) is 40.0 Å². The molecule has 0 bridgehead atoms. The summed E-state index contributed by atoms with van der Waals surface area (Å²) >= 11 is 0. The molecule has 98 valence electrons. The molecule has 2 atom stereocenters. The van der Waals surface area contributed by atoms with Crippen LogP contribution in [0.15, 0.2) is 22.8 Å². The van der Waals surface area contributed by atoms with Crippen molar-refractivity contribution in [1.29, 1.82) is 0 Å². The number of Topliss-reactive ketones (excluding diaryl/α,β-unsaturated/α-hetero) is 1. The van der Waals surface area contributed by atoms with E-state index in [4.69, 9.17) is 0 Å². The second kappa shape index (κ2) is 3.14. The lowest BCUT2D eigenvalue weighted by atomic mass is 9.49. The normalized spacial score (nSPS) is 41.2. The predicted molar refractivity (Wildman–Crippen MR) is 67.9 cm³/mol. The first-order valence-corrected chi connectivity index (χ1v) is 6.59. The Kier molecular flexibility index (Phi) is 2.12. The molecule has 0 aliphatic heterocycles. The largest absolute Gasteiger partial charge is 0.395 e. The summed E-state index contributed by atoms with van der Waals surface area (Å²) in [4.78, 5) is 12.4. The van der Waals surface area contributed by atoms with Crippen LogP contribution in [0.4, 0.5) is 0 Å². The molecular formula is C15H20O3. The SMILES string of the molecule is CC1=C2CCC2(CO)C2(O)CC(C)(C)C=C2C1=O. The highest BCUT2D eigenvalue weighted by molar-refractivity contribution is 6.12. The van der Waals surface area contributed by atoms with Gasteiger partial charge in [0.2, 0.25) is 0 Å². The van der Waals surface area contributed by atoms with Crippen LogP contribution in [0.3, 0.4) is 0 Å². The van der Waals surface area contributed by atoms with E-state index in [0.29, 0.717) is 12.0 Å². The van der Waals surface area contributed by atoms with Gasteiger partial charge in [0.25, 0.3) is 0 Å². The van der Waals surface area contributed by atoms with Crippen LogP contribution in [0, 0.1) is 10.8 Å². The lowest BCUT2D eigenvalue weighted by Crippen LogP contribution is -2.61. The van der Waals surface area contributed by atoms with E-state index in [9.17, 15) is 15.0 Å². The predicted octanol–water partition coefficient (Wildman–Crippen LogP) is 1.75. The standard InChI is InChI=1S/C15H20O3/c1-9-10-4-5-14(10,8-16)15(18)7-13(2,3)6-11(15)12(9)17/h6,16,18H,4-5,7-8H2,1-3H3. The van der Waals surface area contributed by atoms with E-state index in [2.05, 4.69) is 0 Å². The molecule has 18 heavy (non-hydrogen) atoms. The molecule has 2 unspecified atom stereocenters. The third-order valence-electron chi connectivity index (χ3n) is 5.17. The zero-order chi connectivity index (χ0) is 13.3. The summed E-state index contributed by atoms with van der Waals surface area (Å²) in [6.45, 7) is 5.81. The van der Waals surface area contributed by atoms with Crippen molar-refractivity contribution in [2.75, 3.05) is 6.61 Å². The molecule has 0 saturated heterocycles. The minimum atomic E-state index is -1.16. The molecule has 1 saturated carbocycles. The monoisotopic (exact) mass is 248 g/mol. The number of aliphatic hydroxyl groups excluding tert-OH is 1. The van der Waals surface area contributed by atoms with Crippen LogP contribution in [-0.4, -0.2) is 28.2 Å².